The number of rotatable bonds is 5. The molecule has 2 heterocycles. The number of hydrogen-bond donors (Lipinski definition) is 2. The third kappa shape index (κ3) is 4.24. The quantitative estimate of drug-likeness (QED) is 0.461. The molecule has 2 aromatic heterocycles. The fourth-order valence-electron chi connectivity index (χ4n) is 3.10. The van der Waals surface area contributed by atoms with E-state index in [9.17, 15) is 4.79 Å². The van der Waals surface area contributed by atoms with Crippen LogP contribution in [0.4, 0.5) is 17.2 Å². The summed E-state index contributed by atoms with van der Waals surface area (Å²) in [5.41, 5.74) is 4.18. The van der Waals surface area contributed by atoms with Crippen LogP contribution in [0.25, 0.3) is 10.9 Å². The fourth-order valence-corrected chi connectivity index (χ4v) is 3.10. The summed E-state index contributed by atoms with van der Waals surface area (Å²) in [5, 5.41) is 7.16. The van der Waals surface area contributed by atoms with Gasteiger partial charge in [0.05, 0.1) is 16.8 Å². The van der Waals surface area contributed by atoms with E-state index in [1.165, 1.54) is 5.56 Å². The van der Waals surface area contributed by atoms with Crippen molar-refractivity contribution in [1.82, 2.24) is 9.97 Å². The van der Waals surface area contributed by atoms with Crippen LogP contribution < -0.4 is 10.6 Å². The van der Waals surface area contributed by atoms with E-state index in [1.54, 1.807) is 24.5 Å². The molecule has 0 saturated heterocycles. The van der Waals surface area contributed by atoms with Gasteiger partial charge < -0.3 is 10.6 Å². The van der Waals surface area contributed by atoms with E-state index >= 15 is 0 Å². The maximum Gasteiger partial charge on any atom is 0.257 e. The van der Waals surface area contributed by atoms with Crippen LogP contribution in [-0.2, 0) is 0 Å². The number of benzene rings is 2. The average Bonchev–Trinajstić information content (AvgIpc) is 2.75. The van der Waals surface area contributed by atoms with Gasteiger partial charge in [0.25, 0.3) is 5.91 Å². The van der Waals surface area contributed by atoms with Crippen molar-refractivity contribution in [2.75, 3.05) is 10.6 Å². The Balaban J connectivity index is 1.46. The monoisotopic (exact) mass is 382 g/mol. The SMILES string of the molecule is CC(C)c1ccc(Nc2ccc(C(=O)Nc3cccc4cccnc34)cn2)cc1. The van der Waals surface area contributed by atoms with Crippen LogP contribution in [0, 0.1) is 0 Å². The van der Waals surface area contributed by atoms with Gasteiger partial charge in [0.2, 0.25) is 0 Å². The number of hydrogen-bond acceptors (Lipinski definition) is 4. The van der Waals surface area contributed by atoms with Crippen LogP contribution in [0.3, 0.4) is 0 Å². The number of carbonyl (C=O) groups excluding carboxylic acids is 1. The standard InChI is InChI=1S/C24H22N4O/c1-16(2)17-8-11-20(12-9-17)27-22-13-10-19(15-26-22)24(29)28-21-7-3-5-18-6-4-14-25-23(18)21/h3-16H,1-2H3,(H,26,27)(H,28,29). The summed E-state index contributed by atoms with van der Waals surface area (Å²) >= 11 is 0. The highest BCUT2D eigenvalue weighted by atomic mass is 16.1. The van der Waals surface area contributed by atoms with Gasteiger partial charge in [-0.2, -0.15) is 0 Å². The summed E-state index contributed by atoms with van der Waals surface area (Å²) < 4.78 is 0. The molecule has 4 rings (SSSR count). The Morgan fingerprint density at radius 3 is 2.41 bits per heavy atom. The van der Waals surface area contributed by atoms with Gasteiger partial charge in [-0.3, -0.25) is 9.78 Å². The van der Waals surface area contributed by atoms with Crippen LogP contribution in [0.5, 0.6) is 0 Å². The molecule has 2 N–H and O–H groups in total. The van der Waals surface area contributed by atoms with Crippen molar-refractivity contribution >= 4 is 34.0 Å². The first-order chi connectivity index (χ1) is 14.1. The highest BCUT2D eigenvalue weighted by Crippen LogP contribution is 2.22. The van der Waals surface area contributed by atoms with Crippen molar-refractivity contribution in [2.45, 2.75) is 19.8 Å². The second-order valence-electron chi connectivity index (χ2n) is 7.17. The van der Waals surface area contributed by atoms with Gasteiger partial charge in [-0.25, -0.2) is 4.98 Å². The highest BCUT2D eigenvalue weighted by molar-refractivity contribution is 6.08. The smallest absolute Gasteiger partial charge is 0.257 e. The number of amides is 1. The van der Waals surface area contributed by atoms with Gasteiger partial charge in [0, 0.05) is 23.5 Å². The van der Waals surface area contributed by atoms with Crippen molar-refractivity contribution in [3.05, 3.63) is 90.3 Å². The van der Waals surface area contributed by atoms with E-state index in [1.807, 2.05) is 42.5 Å². The zero-order chi connectivity index (χ0) is 20.2. The maximum atomic E-state index is 12.6. The maximum absolute atomic E-state index is 12.6. The van der Waals surface area contributed by atoms with E-state index in [0.717, 1.165) is 16.6 Å². The number of nitrogens with one attached hydrogen (secondary N) is 2. The average molecular weight is 382 g/mol. The van der Waals surface area contributed by atoms with Gasteiger partial charge in [-0.05, 0) is 47.9 Å². The Kier molecular flexibility index (Phi) is 5.20. The van der Waals surface area contributed by atoms with Gasteiger partial charge in [0.15, 0.2) is 0 Å². The number of anilines is 3. The van der Waals surface area contributed by atoms with Crippen LogP contribution >= 0.6 is 0 Å². The van der Waals surface area contributed by atoms with Crippen LogP contribution in [0.15, 0.2) is 79.1 Å². The third-order valence-electron chi connectivity index (χ3n) is 4.76. The van der Waals surface area contributed by atoms with Crippen LogP contribution in [-0.4, -0.2) is 15.9 Å². The number of fused-ring (bicyclic) bond motifs is 1. The molecule has 29 heavy (non-hydrogen) atoms. The third-order valence-corrected chi connectivity index (χ3v) is 4.76. The molecule has 4 aromatic rings. The first-order valence-corrected chi connectivity index (χ1v) is 9.58. The number of para-hydroxylation sites is 1. The zero-order valence-corrected chi connectivity index (χ0v) is 16.4. The summed E-state index contributed by atoms with van der Waals surface area (Å²) in [7, 11) is 0. The molecule has 5 heteroatoms. The molecule has 0 bridgehead atoms. The lowest BCUT2D eigenvalue weighted by Gasteiger charge is -2.10. The molecule has 0 aliphatic carbocycles. The molecule has 0 aliphatic rings. The van der Waals surface area contributed by atoms with Crippen molar-refractivity contribution in [3.63, 3.8) is 0 Å². The van der Waals surface area contributed by atoms with Gasteiger partial charge in [-0.15, -0.1) is 0 Å². The number of nitrogens with zero attached hydrogens (tertiary/aromatic N) is 2. The molecule has 5 nitrogen and oxygen atoms in total. The Bertz CT molecular complexity index is 1130. The number of carbonyl (C=O) groups is 1. The normalized spacial score (nSPS) is 10.9. The van der Waals surface area contributed by atoms with Gasteiger partial charge in [0.1, 0.15) is 5.82 Å². The molecule has 0 aliphatic heterocycles. The minimum absolute atomic E-state index is 0.219. The summed E-state index contributed by atoms with van der Waals surface area (Å²) in [4.78, 5) is 21.4. The van der Waals surface area contributed by atoms with E-state index < -0.39 is 0 Å². The second kappa shape index (κ2) is 8.10. The molecule has 0 radical (unpaired) electrons. The molecule has 0 fully saturated rings. The minimum Gasteiger partial charge on any atom is -0.340 e. The van der Waals surface area contributed by atoms with E-state index in [4.69, 9.17) is 0 Å². The summed E-state index contributed by atoms with van der Waals surface area (Å²) in [6.45, 7) is 4.34. The molecular formula is C24H22N4O. The fraction of sp³-hybridized carbons (Fsp3) is 0.125. The Labute approximate surface area is 169 Å². The molecule has 0 saturated carbocycles. The molecule has 0 atom stereocenters. The molecule has 144 valence electrons. The van der Waals surface area contributed by atoms with Crippen molar-refractivity contribution in [3.8, 4) is 0 Å². The summed E-state index contributed by atoms with van der Waals surface area (Å²) in [6.07, 6.45) is 3.28. The predicted molar refractivity (Wildman–Crippen MR) is 118 cm³/mol. The molecule has 0 unspecified atom stereocenters. The van der Waals surface area contributed by atoms with E-state index in [0.29, 0.717) is 23.0 Å². The first kappa shape index (κ1) is 18.6. The van der Waals surface area contributed by atoms with Gasteiger partial charge in [-0.1, -0.05) is 44.2 Å². The minimum atomic E-state index is -0.219. The van der Waals surface area contributed by atoms with E-state index in [2.05, 4.69) is 46.6 Å². The molecule has 2 aromatic carbocycles. The predicted octanol–water partition coefficient (Wildman–Crippen LogP) is 5.75. The van der Waals surface area contributed by atoms with Crippen LogP contribution in [0.1, 0.15) is 35.7 Å². The van der Waals surface area contributed by atoms with Gasteiger partial charge >= 0.3 is 0 Å². The zero-order valence-electron chi connectivity index (χ0n) is 16.4. The lowest BCUT2D eigenvalue weighted by atomic mass is 10.0. The second-order valence-corrected chi connectivity index (χ2v) is 7.17. The summed E-state index contributed by atoms with van der Waals surface area (Å²) in [6, 6.07) is 21.4. The van der Waals surface area contributed by atoms with E-state index in [-0.39, 0.29) is 5.91 Å². The van der Waals surface area contributed by atoms with Crippen LogP contribution in [0.2, 0.25) is 0 Å². The first-order valence-electron chi connectivity index (χ1n) is 9.58. The lowest BCUT2D eigenvalue weighted by Crippen LogP contribution is -2.12. The molecular weight excluding hydrogens is 360 g/mol. The Hall–Kier alpha value is -3.73. The van der Waals surface area contributed by atoms with Crippen molar-refractivity contribution in [2.24, 2.45) is 0 Å². The largest absolute Gasteiger partial charge is 0.340 e. The molecule has 0 spiro atoms. The number of aromatic nitrogens is 2. The van der Waals surface area contributed by atoms with Crippen molar-refractivity contribution in [1.29, 1.82) is 0 Å². The number of pyridine rings is 2. The lowest BCUT2D eigenvalue weighted by molar-refractivity contribution is 0.102. The topological polar surface area (TPSA) is 66.9 Å². The summed E-state index contributed by atoms with van der Waals surface area (Å²) in [5.74, 6) is 0.964. The highest BCUT2D eigenvalue weighted by Gasteiger charge is 2.10. The Morgan fingerprint density at radius 2 is 1.69 bits per heavy atom. The Morgan fingerprint density at radius 1 is 0.897 bits per heavy atom. The molecule has 1 amide bonds. The van der Waals surface area contributed by atoms with Crippen molar-refractivity contribution < 1.29 is 4.79 Å².